The molecule has 0 heterocycles. The second-order valence-corrected chi connectivity index (χ2v) is 7.97. The maximum absolute atomic E-state index is 12.4. The third-order valence-electron chi connectivity index (χ3n) is 3.73. The van der Waals surface area contributed by atoms with E-state index in [2.05, 4.69) is 5.32 Å². The number of methoxy groups -OCH3 is 1. The number of carbonyl (C=O) groups is 1. The topological polar surface area (TPSA) is 75.7 Å². The van der Waals surface area contributed by atoms with Gasteiger partial charge in [-0.2, -0.15) is 0 Å². The van der Waals surface area contributed by atoms with Crippen LogP contribution in [0.5, 0.6) is 0 Å². The first kappa shape index (κ1) is 19.1. The molecule has 0 aromatic heterocycles. The minimum Gasteiger partial charge on any atom is -0.380 e. The molecule has 0 bridgehead atoms. The highest BCUT2D eigenvalue weighted by molar-refractivity contribution is 7.89. The van der Waals surface area contributed by atoms with Crippen molar-refractivity contribution in [1.82, 2.24) is 4.31 Å². The fraction of sp³-hybridized carbons (Fsp3) is 0.278. The van der Waals surface area contributed by atoms with Crippen LogP contribution in [0.3, 0.4) is 0 Å². The molecule has 0 saturated carbocycles. The van der Waals surface area contributed by atoms with Crippen molar-refractivity contribution in [2.45, 2.75) is 18.4 Å². The van der Waals surface area contributed by atoms with Crippen molar-refractivity contribution >= 4 is 21.6 Å². The quantitative estimate of drug-likeness (QED) is 0.857. The summed E-state index contributed by atoms with van der Waals surface area (Å²) in [6.07, 6.45) is 0. The molecule has 0 fully saturated rings. The van der Waals surface area contributed by atoms with Gasteiger partial charge >= 0.3 is 0 Å². The molecule has 0 aliphatic rings. The number of anilines is 1. The monoisotopic (exact) mass is 362 g/mol. The number of hydrogen-bond acceptors (Lipinski definition) is 4. The van der Waals surface area contributed by atoms with Gasteiger partial charge in [0.25, 0.3) is 5.91 Å². The first-order valence-corrected chi connectivity index (χ1v) is 9.12. The number of rotatable bonds is 6. The van der Waals surface area contributed by atoms with Gasteiger partial charge in [-0.15, -0.1) is 0 Å². The Morgan fingerprint density at radius 1 is 1.12 bits per heavy atom. The van der Waals surface area contributed by atoms with Gasteiger partial charge < -0.3 is 10.1 Å². The number of nitrogens with zero attached hydrogens (tertiary/aromatic N) is 1. The largest absolute Gasteiger partial charge is 0.380 e. The minimum absolute atomic E-state index is 0.172. The number of nitrogens with one attached hydrogen (secondary N) is 1. The highest BCUT2D eigenvalue weighted by atomic mass is 32.2. The number of benzene rings is 2. The van der Waals surface area contributed by atoms with E-state index < -0.39 is 10.0 Å². The SMILES string of the molecule is COCc1ccc(C(=O)Nc2ccc(C)c(S(=O)(=O)N(C)C)c2)cc1. The van der Waals surface area contributed by atoms with Gasteiger partial charge in [-0.25, -0.2) is 12.7 Å². The average Bonchev–Trinajstić information content (AvgIpc) is 2.57. The van der Waals surface area contributed by atoms with Crippen molar-refractivity contribution in [3.63, 3.8) is 0 Å². The fourth-order valence-corrected chi connectivity index (χ4v) is 3.42. The van der Waals surface area contributed by atoms with Gasteiger partial charge in [0.15, 0.2) is 0 Å². The van der Waals surface area contributed by atoms with E-state index in [1.54, 1.807) is 38.3 Å². The summed E-state index contributed by atoms with van der Waals surface area (Å²) in [6.45, 7) is 2.20. The van der Waals surface area contributed by atoms with Crippen molar-refractivity contribution in [3.05, 3.63) is 59.2 Å². The van der Waals surface area contributed by atoms with Crippen molar-refractivity contribution in [2.24, 2.45) is 0 Å². The van der Waals surface area contributed by atoms with Crippen LogP contribution in [0.1, 0.15) is 21.5 Å². The minimum atomic E-state index is -3.57. The number of ether oxygens (including phenoxy) is 1. The number of carbonyl (C=O) groups excluding carboxylic acids is 1. The Kier molecular flexibility index (Phi) is 5.94. The molecule has 0 aliphatic carbocycles. The molecule has 0 radical (unpaired) electrons. The van der Waals surface area contributed by atoms with Gasteiger partial charge in [-0.05, 0) is 42.3 Å². The lowest BCUT2D eigenvalue weighted by Gasteiger charge is -2.15. The van der Waals surface area contributed by atoms with Crippen LogP contribution in [0.15, 0.2) is 47.4 Å². The zero-order valence-electron chi connectivity index (χ0n) is 14.7. The van der Waals surface area contributed by atoms with E-state index in [0.717, 1.165) is 9.87 Å². The molecule has 0 spiro atoms. The normalized spacial score (nSPS) is 11.6. The Labute approximate surface area is 148 Å². The maximum atomic E-state index is 12.4. The van der Waals surface area contributed by atoms with Crippen LogP contribution in [0.4, 0.5) is 5.69 Å². The molecule has 7 heteroatoms. The summed E-state index contributed by atoms with van der Waals surface area (Å²) in [5.74, 6) is -0.305. The number of hydrogen-bond donors (Lipinski definition) is 1. The summed E-state index contributed by atoms with van der Waals surface area (Å²) in [7, 11) is 0.982. The molecular weight excluding hydrogens is 340 g/mol. The fourth-order valence-electron chi connectivity index (χ4n) is 2.27. The standard InChI is InChI=1S/C18H22N2O4S/c1-13-5-10-16(11-17(13)25(22,23)20(2)3)19-18(21)15-8-6-14(7-9-15)12-24-4/h5-11H,12H2,1-4H3,(H,19,21). The first-order valence-electron chi connectivity index (χ1n) is 7.68. The van der Waals surface area contributed by atoms with Gasteiger partial charge in [0, 0.05) is 32.5 Å². The predicted molar refractivity (Wildman–Crippen MR) is 97.2 cm³/mol. The second-order valence-electron chi connectivity index (χ2n) is 5.85. The summed E-state index contributed by atoms with van der Waals surface area (Å²) in [5, 5.41) is 2.74. The lowest BCUT2D eigenvalue weighted by molar-refractivity contribution is 0.102. The van der Waals surface area contributed by atoms with E-state index in [1.165, 1.54) is 20.2 Å². The third kappa shape index (κ3) is 4.45. The molecular formula is C18H22N2O4S. The second kappa shape index (κ2) is 7.77. The Bertz CT molecular complexity index is 859. The molecule has 2 aromatic rings. The highest BCUT2D eigenvalue weighted by Crippen LogP contribution is 2.23. The molecule has 0 aliphatic heterocycles. The van der Waals surface area contributed by atoms with Crippen molar-refractivity contribution in [3.8, 4) is 0 Å². The van der Waals surface area contributed by atoms with Crippen LogP contribution < -0.4 is 5.32 Å². The molecule has 2 aromatic carbocycles. The third-order valence-corrected chi connectivity index (χ3v) is 5.69. The zero-order chi connectivity index (χ0) is 18.6. The average molecular weight is 362 g/mol. The van der Waals surface area contributed by atoms with E-state index in [4.69, 9.17) is 4.74 Å². The smallest absolute Gasteiger partial charge is 0.255 e. The molecule has 1 amide bonds. The number of amides is 1. The van der Waals surface area contributed by atoms with Crippen LogP contribution in [0.25, 0.3) is 0 Å². The van der Waals surface area contributed by atoms with Gasteiger partial charge in [0.1, 0.15) is 0 Å². The molecule has 0 atom stereocenters. The summed E-state index contributed by atoms with van der Waals surface area (Å²) in [6, 6.07) is 11.9. The molecule has 134 valence electrons. The zero-order valence-corrected chi connectivity index (χ0v) is 15.6. The molecule has 6 nitrogen and oxygen atoms in total. The van der Waals surface area contributed by atoms with E-state index in [9.17, 15) is 13.2 Å². The molecule has 0 saturated heterocycles. The number of sulfonamides is 1. The van der Waals surface area contributed by atoms with Gasteiger partial charge in [0.2, 0.25) is 10.0 Å². The Morgan fingerprint density at radius 3 is 2.32 bits per heavy atom. The Hall–Kier alpha value is -2.22. The van der Waals surface area contributed by atoms with Gasteiger partial charge in [0.05, 0.1) is 11.5 Å². The summed E-state index contributed by atoms with van der Waals surface area (Å²) < 4.78 is 30.9. The van der Waals surface area contributed by atoms with Crippen LogP contribution in [0.2, 0.25) is 0 Å². The molecule has 1 N–H and O–H groups in total. The van der Waals surface area contributed by atoms with Gasteiger partial charge in [-0.1, -0.05) is 18.2 Å². The molecule has 0 unspecified atom stereocenters. The van der Waals surface area contributed by atoms with Crippen LogP contribution >= 0.6 is 0 Å². The summed E-state index contributed by atoms with van der Waals surface area (Å²) in [4.78, 5) is 12.5. The summed E-state index contributed by atoms with van der Waals surface area (Å²) in [5.41, 5.74) is 2.50. The Morgan fingerprint density at radius 2 is 1.76 bits per heavy atom. The van der Waals surface area contributed by atoms with Crippen molar-refractivity contribution in [2.75, 3.05) is 26.5 Å². The first-order chi connectivity index (χ1) is 11.8. The van der Waals surface area contributed by atoms with Crippen molar-refractivity contribution < 1.29 is 17.9 Å². The van der Waals surface area contributed by atoms with E-state index in [-0.39, 0.29) is 10.8 Å². The Balaban J connectivity index is 2.24. The molecule has 25 heavy (non-hydrogen) atoms. The van der Waals surface area contributed by atoms with E-state index in [0.29, 0.717) is 23.4 Å². The van der Waals surface area contributed by atoms with Crippen LogP contribution in [-0.4, -0.2) is 39.8 Å². The maximum Gasteiger partial charge on any atom is 0.255 e. The van der Waals surface area contributed by atoms with E-state index >= 15 is 0 Å². The highest BCUT2D eigenvalue weighted by Gasteiger charge is 2.20. The van der Waals surface area contributed by atoms with Gasteiger partial charge in [-0.3, -0.25) is 4.79 Å². The lowest BCUT2D eigenvalue weighted by Crippen LogP contribution is -2.23. The lowest BCUT2D eigenvalue weighted by atomic mass is 10.1. The number of aryl methyl sites for hydroxylation is 1. The predicted octanol–water partition coefficient (Wildman–Crippen LogP) is 2.64. The van der Waals surface area contributed by atoms with E-state index in [1.807, 2.05) is 12.1 Å². The van der Waals surface area contributed by atoms with Crippen LogP contribution in [-0.2, 0) is 21.4 Å². The van der Waals surface area contributed by atoms with Crippen LogP contribution in [0, 0.1) is 6.92 Å². The van der Waals surface area contributed by atoms with Crippen molar-refractivity contribution in [1.29, 1.82) is 0 Å². The molecule has 2 rings (SSSR count). The summed E-state index contributed by atoms with van der Waals surface area (Å²) >= 11 is 0.